The molecule has 140 valence electrons. The summed E-state index contributed by atoms with van der Waals surface area (Å²) in [5.74, 6) is -2.01. The first-order valence-corrected chi connectivity index (χ1v) is 8.86. The number of hydrogen-bond donors (Lipinski definition) is 2. The zero-order valence-corrected chi connectivity index (χ0v) is 15.0. The molecule has 0 bridgehead atoms. The molecule has 1 aromatic rings. The van der Waals surface area contributed by atoms with E-state index < -0.39 is 23.6 Å². The number of benzene rings is 1. The van der Waals surface area contributed by atoms with Gasteiger partial charge in [0, 0.05) is 6.04 Å². The maximum absolute atomic E-state index is 13.5. The summed E-state index contributed by atoms with van der Waals surface area (Å²) in [5.41, 5.74) is -0.585. The van der Waals surface area contributed by atoms with Gasteiger partial charge in [-0.15, -0.1) is 0 Å². The number of hydrogen-bond acceptors (Lipinski definition) is 3. The Hall–Kier alpha value is -1.73. The van der Waals surface area contributed by atoms with Crippen LogP contribution >= 0.6 is 23.2 Å². The molecule has 0 saturated heterocycles. The summed E-state index contributed by atoms with van der Waals surface area (Å²) in [5, 5.41) is 5.85. The first kappa shape index (κ1) is 19.0. The predicted octanol–water partition coefficient (Wildman–Crippen LogP) is 4.59. The molecule has 2 aliphatic rings. The first-order chi connectivity index (χ1) is 12.3. The summed E-state index contributed by atoms with van der Waals surface area (Å²) in [6.07, 6.45) is -1.21. The Bertz CT molecular complexity index is 773. The fraction of sp³-hybridized carbons (Fsp3) is 0.412. The Labute approximate surface area is 158 Å². The van der Waals surface area contributed by atoms with E-state index in [-0.39, 0.29) is 28.5 Å². The lowest BCUT2D eigenvalue weighted by atomic mass is 9.90. The van der Waals surface area contributed by atoms with Crippen molar-refractivity contribution >= 4 is 40.6 Å². The highest BCUT2D eigenvalue weighted by molar-refractivity contribution is 6.44. The number of nitrogens with zero attached hydrogens (tertiary/aromatic N) is 1. The molecule has 2 N–H and O–H groups in total. The standard InChI is InChI=1S/C17H16Cl2F3N3O/c18-12-5-2-6-13(15(12)19)25-14-7-11(17(20,21)22)10(8-23-14)16(26)24-9-3-1-4-9/h2,5-7,9-10H,1,3-4,8H2,(H,23,25)(H,24,26). The lowest BCUT2D eigenvalue weighted by Crippen LogP contribution is -2.46. The van der Waals surface area contributed by atoms with E-state index in [9.17, 15) is 18.0 Å². The lowest BCUT2D eigenvalue weighted by molar-refractivity contribution is -0.131. The van der Waals surface area contributed by atoms with Crippen LogP contribution in [-0.4, -0.2) is 30.5 Å². The molecule has 1 aliphatic heterocycles. The topological polar surface area (TPSA) is 53.5 Å². The summed E-state index contributed by atoms with van der Waals surface area (Å²) in [6.45, 7) is -0.287. The van der Waals surface area contributed by atoms with E-state index in [1.54, 1.807) is 18.2 Å². The molecular weight excluding hydrogens is 390 g/mol. The third-order valence-corrected chi connectivity index (χ3v) is 5.24. The zero-order valence-electron chi connectivity index (χ0n) is 13.5. The Morgan fingerprint density at radius 3 is 2.58 bits per heavy atom. The smallest absolute Gasteiger partial charge is 0.353 e. The number of carbonyl (C=O) groups is 1. The van der Waals surface area contributed by atoms with Gasteiger partial charge in [-0.25, -0.2) is 0 Å². The van der Waals surface area contributed by atoms with Gasteiger partial charge in [-0.1, -0.05) is 29.3 Å². The highest BCUT2D eigenvalue weighted by Gasteiger charge is 2.43. The second-order valence-corrected chi connectivity index (χ2v) is 7.02. The number of rotatable bonds is 3. The number of dihydropyridines is 1. The zero-order chi connectivity index (χ0) is 18.9. The number of carbonyl (C=O) groups excluding carboxylic acids is 1. The number of halogens is 5. The van der Waals surface area contributed by atoms with E-state index in [0.717, 1.165) is 25.3 Å². The van der Waals surface area contributed by atoms with Crippen molar-refractivity contribution < 1.29 is 18.0 Å². The van der Waals surface area contributed by atoms with Gasteiger partial charge < -0.3 is 10.6 Å². The number of nitrogens with one attached hydrogen (secondary N) is 2. The van der Waals surface area contributed by atoms with E-state index in [2.05, 4.69) is 15.6 Å². The summed E-state index contributed by atoms with van der Waals surface area (Å²) < 4.78 is 40.4. The fourth-order valence-electron chi connectivity index (χ4n) is 2.75. The van der Waals surface area contributed by atoms with Crippen LogP contribution in [-0.2, 0) is 4.79 Å². The van der Waals surface area contributed by atoms with Crippen LogP contribution in [0.3, 0.4) is 0 Å². The van der Waals surface area contributed by atoms with Crippen LogP contribution in [0.15, 0.2) is 34.8 Å². The third kappa shape index (κ3) is 4.15. The van der Waals surface area contributed by atoms with Crippen LogP contribution in [0.2, 0.25) is 10.0 Å². The van der Waals surface area contributed by atoms with Gasteiger partial charge in [-0.3, -0.25) is 9.79 Å². The average Bonchev–Trinajstić information content (AvgIpc) is 2.54. The minimum Gasteiger partial charge on any atom is -0.353 e. The van der Waals surface area contributed by atoms with Crippen LogP contribution < -0.4 is 10.6 Å². The number of aliphatic imine (C=N–C) groups is 1. The SMILES string of the molecule is O=C(NC1CCC1)C1CN=C(Nc2cccc(Cl)c2Cl)C=C1C(F)(F)F. The molecule has 1 amide bonds. The molecule has 4 nitrogen and oxygen atoms in total. The summed E-state index contributed by atoms with van der Waals surface area (Å²) in [7, 11) is 0. The molecule has 0 spiro atoms. The largest absolute Gasteiger partial charge is 0.413 e. The van der Waals surface area contributed by atoms with Crippen LogP contribution in [0.5, 0.6) is 0 Å². The molecule has 1 atom stereocenters. The fourth-order valence-corrected chi connectivity index (χ4v) is 3.10. The van der Waals surface area contributed by atoms with Gasteiger partial charge in [0.15, 0.2) is 0 Å². The molecule has 26 heavy (non-hydrogen) atoms. The monoisotopic (exact) mass is 405 g/mol. The van der Waals surface area contributed by atoms with Crippen molar-refractivity contribution in [2.24, 2.45) is 10.9 Å². The van der Waals surface area contributed by atoms with E-state index in [4.69, 9.17) is 23.2 Å². The van der Waals surface area contributed by atoms with Crippen molar-refractivity contribution in [3.05, 3.63) is 39.9 Å². The van der Waals surface area contributed by atoms with E-state index in [1.165, 1.54) is 0 Å². The van der Waals surface area contributed by atoms with Crippen LogP contribution in [0, 0.1) is 5.92 Å². The van der Waals surface area contributed by atoms with Gasteiger partial charge in [0.05, 0.1) is 33.8 Å². The van der Waals surface area contributed by atoms with E-state index >= 15 is 0 Å². The van der Waals surface area contributed by atoms with Gasteiger partial charge in [-0.2, -0.15) is 13.2 Å². The van der Waals surface area contributed by atoms with E-state index in [0.29, 0.717) is 5.69 Å². The average molecular weight is 406 g/mol. The Morgan fingerprint density at radius 2 is 1.96 bits per heavy atom. The molecule has 1 aromatic carbocycles. The molecule has 3 rings (SSSR count). The molecule has 1 aliphatic carbocycles. The van der Waals surface area contributed by atoms with Gasteiger partial charge in [0.2, 0.25) is 5.91 Å². The van der Waals surface area contributed by atoms with Gasteiger partial charge in [-0.05, 0) is 37.5 Å². The second-order valence-electron chi connectivity index (χ2n) is 6.24. The summed E-state index contributed by atoms with van der Waals surface area (Å²) in [6, 6.07) is 4.72. The number of anilines is 1. The third-order valence-electron chi connectivity index (χ3n) is 4.42. The molecule has 9 heteroatoms. The van der Waals surface area contributed by atoms with Crippen LogP contribution in [0.4, 0.5) is 18.9 Å². The number of amidine groups is 1. The number of alkyl halides is 3. The van der Waals surface area contributed by atoms with Crippen molar-refractivity contribution in [2.75, 3.05) is 11.9 Å². The van der Waals surface area contributed by atoms with Crippen molar-refractivity contribution in [3.63, 3.8) is 0 Å². The molecule has 1 saturated carbocycles. The Kier molecular flexibility index (Phi) is 5.48. The van der Waals surface area contributed by atoms with Gasteiger partial charge >= 0.3 is 6.18 Å². The highest BCUT2D eigenvalue weighted by atomic mass is 35.5. The molecular formula is C17H16Cl2F3N3O. The van der Waals surface area contributed by atoms with Crippen molar-refractivity contribution in [3.8, 4) is 0 Å². The summed E-state index contributed by atoms with van der Waals surface area (Å²) in [4.78, 5) is 16.3. The second kappa shape index (κ2) is 7.48. The van der Waals surface area contributed by atoms with Crippen molar-refractivity contribution in [1.29, 1.82) is 0 Å². The molecule has 0 aromatic heterocycles. The number of amides is 1. The normalized spacial score (nSPS) is 20.7. The molecule has 0 radical (unpaired) electrons. The summed E-state index contributed by atoms with van der Waals surface area (Å²) >= 11 is 11.9. The molecule has 1 fully saturated rings. The predicted molar refractivity (Wildman–Crippen MR) is 95.8 cm³/mol. The Balaban J connectivity index is 1.80. The molecule has 1 heterocycles. The maximum atomic E-state index is 13.5. The van der Waals surface area contributed by atoms with Crippen LogP contribution in [0.1, 0.15) is 19.3 Å². The quantitative estimate of drug-likeness (QED) is 0.772. The van der Waals surface area contributed by atoms with Crippen molar-refractivity contribution in [2.45, 2.75) is 31.5 Å². The van der Waals surface area contributed by atoms with Gasteiger partial charge in [0.1, 0.15) is 5.84 Å². The van der Waals surface area contributed by atoms with Crippen molar-refractivity contribution in [1.82, 2.24) is 5.32 Å². The highest BCUT2D eigenvalue weighted by Crippen LogP contribution is 2.35. The van der Waals surface area contributed by atoms with Gasteiger partial charge in [0.25, 0.3) is 0 Å². The van der Waals surface area contributed by atoms with E-state index in [1.807, 2.05) is 0 Å². The minimum atomic E-state index is -4.64. The minimum absolute atomic E-state index is 0.0193. The molecule has 1 unspecified atom stereocenters. The lowest BCUT2D eigenvalue weighted by Gasteiger charge is -2.30. The Morgan fingerprint density at radius 1 is 1.23 bits per heavy atom. The first-order valence-electron chi connectivity index (χ1n) is 8.10. The van der Waals surface area contributed by atoms with Crippen LogP contribution in [0.25, 0.3) is 0 Å². The maximum Gasteiger partial charge on any atom is 0.413 e.